The number of imidazole rings is 1. The highest BCUT2D eigenvalue weighted by atomic mass is 35.5. The molecule has 9 heteroatoms. The van der Waals surface area contributed by atoms with E-state index in [2.05, 4.69) is 30.2 Å². The molecule has 8 nitrogen and oxygen atoms in total. The van der Waals surface area contributed by atoms with Gasteiger partial charge in [0.15, 0.2) is 0 Å². The number of anilines is 2. The Morgan fingerprint density at radius 3 is 3.00 bits per heavy atom. The Hall–Kier alpha value is -3.65. The molecule has 0 radical (unpaired) electrons. The molecule has 4 aromatic rings. The van der Waals surface area contributed by atoms with Crippen LogP contribution < -0.4 is 16.4 Å². The fraction of sp³-hybridized carbons (Fsp3) is 0.250. The summed E-state index contributed by atoms with van der Waals surface area (Å²) >= 11 is 6.15. The molecule has 4 heterocycles. The smallest absolute Gasteiger partial charge is 0.255 e. The van der Waals surface area contributed by atoms with Crippen molar-refractivity contribution in [3.05, 3.63) is 77.1 Å². The molecule has 3 aromatic heterocycles. The Balaban J connectivity index is 1.26. The van der Waals surface area contributed by atoms with Crippen molar-refractivity contribution < 1.29 is 4.79 Å². The van der Waals surface area contributed by atoms with Crippen molar-refractivity contribution in [3.8, 4) is 0 Å². The molecule has 4 N–H and O–H groups in total. The number of aryl methyl sites for hydroxylation is 1. The summed E-state index contributed by atoms with van der Waals surface area (Å²) in [7, 11) is 0. The summed E-state index contributed by atoms with van der Waals surface area (Å²) in [5, 5.41) is 8.61. The van der Waals surface area contributed by atoms with Crippen LogP contribution in [0.5, 0.6) is 0 Å². The van der Waals surface area contributed by atoms with Crippen molar-refractivity contribution in [2.75, 3.05) is 17.6 Å². The van der Waals surface area contributed by atoms with Crippen molar-refractivity contribution in [1.82, 2.24) is 24.8 Å². The van der Waals surface area contributed by atoms with E-state index in [-0.39, 0.29) is 5.91 Å². The number of rotatable bonds is 6. The first-order chi connectivity index (χ1) is 16.1. The lowest BCUT2D eigenvalue weighted by molar-refractivity contribution is 0.0951. The molecule has 168 valence electrons. The van der Waals surface area contributed by atoms with Crippen LogP contribution in [0.2, 0.25) is 5.02 Å². The molecule has 0 fully saturated rings. The molecule has 0 bridgehead atoms. The first-order valence-corrected chi connectivity index (χ1v) is 11.3. The zero-order valence-electron chi connectivity index (χ0n) is 18.0. The second-order valence-electron chi connectivity index (χ2n) is 8.26. The molecule has 0 aliphatic carbocycles. The first kappa shape index (κ1) is 21.2. The molecule has 0 saturated heterocycles. The lowest BCUT2D eigenvalue weighted by Gasteiger charge is -2.24. The van der Waals surface area contributed by atoms with Crippen LogP contribution in [0.25, 0.3) is 10.8 Å². The van der Waals surface area contributed by atoms with Crippen LogP contribution in [0.3, 0.4) is 0 Å². The van der Waals surface area contributed by atoms with E-state index in [1.165, 1.54) is 0 Å². The van der Waals surface area contributed by atoms with E-state index < -0.39 is 0 Å². The summed E-state index contributed by atoms with van der Waals surface area (Å²) in [5.41, 5.74) is 7.31. The summed E-state index contributed by atoms with van der Waals surface area (Å²) in [6.07, 6.45) is 9.04. The van der Waals surface area contributed by atoms with E-state index in [1.807, 2.05) is 36.7 Å². The lowest BCUT2D eigenvalue weighted by atomic mass is 9.98. The predicted molar refractivity (Wildman–Crippen MR) is 129 cm³/mol. The van der Waals surface area contributed by atoms with Crippen molar-refractivity contribution in [1.29, 1.82) is 0 Å². The van der Waals surface area contributed by atoms with Gasteiger partial charge in [0.25, 0.3) is 5.91 Å². The molecule has 1 atom stereocenters. The van der Waals surface area contributed by atoms with Crippen LogP contribution in [-0.2, 0) is 19.5 Å². The van der Waals surface area contributed by atoms with E-state index in [1.54, 1.807) is 18.5 Å². The Morgan fingerprint density at radius 2 is 2.09 bits per heavy atom. The molecule has 33 heavy (non-hydrogen) atoms. The zero-order valence-corrected chi connectivity index (χ0v) is 18.7. The zero-order chi connectivity index (χ0) is 22.8. The molecule has 1 unspecified atom stereocenters. The monoisotopic (exact) mass is 461 g/mol. The molecule has 0 spiro atoms. The molecule has 1 aliphatic rings. The van der Waals surface area contributed by atoms with Gasteiger partial charge in [-0.1, -0.05) is 23.7 Å². The maximum Gasteiger partial charge on any atom is 0.255 e. The van der Waals surface area contributed by atoms with Gasteiger partial charge in [0.2, 0.25) is 0 Å². The van der Waals surface area contributed by atoms with Gasteiger partial charge < -0.3 is 20.9 Å². The molecule has 1 aromatic carbocycles. The van der Waals surface area contributed by atoms with Crippen LogP contribution >= 0.6 is 11.6 Å². The van der Waals surface area contributed by atoms with Gasteiger partial charge >= 0.3 is 0 Å². The second-order valence-corrected chi connectivity index (χ2v) is 8.70. The average Bonchev–Trinajstić information content (AvgIpc) is 3.30. The number of amides is 1. The number of carbonyl (C=O) groups excluding carboxylic acids is 1. The molecular formula is C24H24ClN7O. The highest BCUT2D eigenvalue weighted by molar-refractivity contribution is 6.31. The standard InChI is InChI=1S/C24H24ClN7O/c25-18-11-20(23(30-14-18)29-12-16-4-7-32-8-6-27-21(32)10-16)24(33)31-13-15-1-2-19-17(9-15)3-5-28-22(19)26/h1-3,5-6,8-9,11,14,16H,4,7,10,12-13H2,(H2,26,28)(H,29,30)(H,31,33). The summed E-state index contributed by atoms with van der Waals surface area (Å²) in [5.74, 6) is 2.31. The summed E-state index contributed by atoms with van der Waals surface area (Å²) in [6, 6.07) is 9.39. The van der Waals surface area contributed by atoms with E-state index >= 15 is 0 Å². The number of nitrogens with one attached hydrogen (secondary N) is 2. The van der Waals surface area contributed by atoms with Crippen LogP contribution in [0, 0.1) is 5.92 Å². The van der Waals surface area contributed by atoms with Crippen LogP contribution in [-0.4, -0.2) is 32.0 Å². The molecule has 1 aliphatic heterocycles. The Labute approximate surface area is 196 Å². The topological polar surface area (TPSA) is 111 Å². The van der Waals surface area contributed by atoms with Crippen LogP contribution in [0.15, 0.2) is 55.1 Å². The highest BCUT2D eigenvalue weighted by Gasteiger charge is 2.20. The number of nitrogens with two attached hydrogens (primary N) is 1. The van der Waals surface area contributed by atoms with Gasteiger partial charge in [-0.3, -0.25) is 4.79 Å². The Kier molecular flexibility index (Phi) is 5.83. The quantitative estimate of drug-likeness (QED) is 0.404. The normalized spacial score (nSPS) is 15.2. The van der Waals surface area contributed by atoms with Gasteiger partial charge in [0.1, 0.15) is 17.5 Å². The van der Waals surface area contributed by atoms with Gasteiger partial charge in [0, 0.05) is 56.2 Å². The van der Waals surface area contributed by atoms with Crippen LogP contribution in [0.1, 0.15) is 28.2 Å². The van der Waals surface area contributed by atoms with Gasteiger partial charge in [-0.15, -0.1) is 0 Å². The minimum atomic E-state index is -0.235. The minimum Gasteiger partial charge on any atom is -0.383 e. The van der Waals surface area contributed by atoms with Crippen molar-refractivity contribution in [3.63, 3.8) is 0 Å². The number of benzene rings is 1. The van der Waals surface area contributed by atoms with Crippen molar-refractivity contribution >= 4 is 39.9 Å². The molecule has 0 saturated carbocycles. The predicted octanol–water partition coefficient (Wildman–Crippen LogP) is 3.67. The maximum atomic E-state index is 13.0. The van der Waals surface area contributed by atoms with Gasteiger partial charge in [0.05, 0.1) is 10.6 Å². The Bertz CT molecular complexity index is 1320. The van der Waals surface area contributed by atoms with E-state index in [4.69, 9.17) is 17.3 Å². The number of hydrogen-bond donors (Lipinski definition) is 3. The van der Waals surface area contributed by atoms with E-state index in [0.29, 0.717) is 41.2 Å². The van der Waals surface area contributed by atoms with Crippen molar-refractivity contribution in [2.24, 2.45) is 5.92 Å². The number of pyridine rings is 2. The molecule has 5 rings (SSSR count). The highest BCUT2D eigenvalue weighted by Crippen LogP contribution is 2.23. The average molecular weight is 462 g/mol. The van der Waals surface area contributed by atoms with Gasteiger partial charge in [-0.05, 0) is 41.5 Å². The number of nitrogen functional groups attached to an aromatic ring is 1. The first-order valence-electron chi connectivity index (χ1n) is 10.9. The number of fused-ring (bicyclic) bond motifs is 2. The summed E-state index contributed by atoms with van der Waals surface area (Å²) < 4.78 is 2.19. The summed E-state index contributed by atoms with van der Waals surface area (Å²) in [6.45, 7) is 2.03. The molecule has 1 amide bonds. The minimum absolute atomic E-state index is 0.235. The fourth-order valence-corrected chi connectivity index (χ4v) is 4.38. The largest absolute Gasteiger partial charge is 0.383 e. The number of nitrogens with zero attached hydrogens (tertiary/aromatic N) is 4. The molecular weight excluding hydrogens is 438 g/mol. The number of carbonyl (C=O) groups is 1. The number of halogens is 1. The Morgan fingerprint density at radius 1 is 1.18 bits per heavy atom. The third-order valence-electron chi connectivity index (χ3n) is 6.02. The van der Waals surface area contributed by atoms with Crippen molar-refractivity contribution in [2.45, 2.75) is 25.9 Å². The van der Waals surface area contributed by atoms with Gasteiger partial charge in [-0.25, -0.2) is 15.0 Å². The van der Waals surface area contributed by atoms with E-state index in [0.717, 1.165) is 41.5 Å². The van der Waals surface area contributed by atoms with Crippen LogP contribution in [0.4, 0.5) is 11.6 Å². The fourth-order valence-electron chi connectivity index (χ4n) is 4.22. The third kappa shape index (κ3) is 4.61. The summed E-state index contributed by atoms with van der Waals surface area (Å²) in [4.78, 5) is 25.9. The number of hydrogen-bond acceptors (Lipinski definition) is 6. The lowest BCUT2D eigenvalue weighted by Crippen LogP contribution is -2.27. The van der Waals surface area contributed by atoms with E-state index in [9.17, 15) is 4.79 Å². The maximum absolute atomic E-state index is 13.0. The SMILES string of the molecule is Nc1nccc2cc(CNC(=O)c3cc(Cl)cnc3NCC3CCn4ccnc4C3)ccc12. The van der Waals surface area contributed by atoms with Gasteiger partial charge in [-0.2, -0.15) is 0 Å². The number of aromatic nitrogens is 4. The second kappa shape index (κ2) is 9.07. The third-order valence-corrected chi connectivity index (χ3v) is 6.23.